The molecule has 0 aliphatic carbocycles. The van der Waals surface area contributed by atoms with Crippen LogP contribution < -0.4 is 0 Å². The summed E-state index contributed by atoms with van der Waals surface area (Å²) in [5, 5.41) is 22.4. The molecule has 7 rings (SSSR count). The monoisotopic (exact) mass is 772 g/mol. The fraction of sp³-hybridized carbons (Fsp3) is 0.286. The number of hydrogen-bond acceptors (Lipinski definition) is 13. The SMILES string of the molecule is CC(C)(C)OC(=O)N1CCN(Cc2ccc3oc(-c4cccc([N+](=O)[O-])c4)nc3n2)CC1.O=[N+]([O-])c1cccc(-c2nc3nc(CBr)ccc3o2)c1. The van der Waals surface area contributed by atoms with Crippen molar-refractivity contribution in [2.45, 2.75) is 38.2 Å². The number of alkyl halides is 1. The van der Waals surface area contributed by atoms with Gasteiger partial charge in [-0.25, -0.2) is 14.8 Å². The van der Waals surface area contributed by atoms with Crippen LogP contribution >= 0.6 is 15.9 Å². The van der Waals surface area contributed by atoms with Crippen LogP contribution in [0.25, 0.3) is 45.4 Å². The number of nitrogens with zero attached hydrogens (tertiary/aromatic N) is 8. The van der Waals surface area contributed by atoms with Gasteiger partial charge >= 0.3 is 6.09 Å². The molecule has 1 aliphatic rings. The molecule has 0 N–H and O–H groups in total. The highest BCUT2D eigenvalue weighted by Gasteiger charge is 2.26. The maximum absolute atomic E-state index is 12.2. The summed E-state index contributed by atoms with van der Waals surface area (Å²) in [6, 6.07) is 19.6. The number of hydrogen-bond donors (Lipinski definition) is 0. The molecule has 0 saturated carbocycles. The molecule has 6 aromatic rings. The smallest absolute Gasteiger partial charge is 0.410 e. The maximum Gasteiger partial charge on any atom is 0.410 e. The molecule has 17 heteroatoms. The summed E-state index contributed by atoms with van der Waals surface area (Å²) in [7, 11) is 0. The van der Waals surface area contributed by atoms with E-state index >= 15 is 0 Å². The second kappa shape index (κ2) is 15.2. The van der Waals surface area contributed by atoms with Gasteiger partial charge in [-0.05, 0) is 57.2 Å². The van der Waals surface area contributed by atoms with Crippen molar-refractivity contribution < 1.29 is 28.2 Å². The number of carbonyl (C=O) groups excluding carboxylic acids is 1. The molecular formula is C35H33BrN8O8. The summed E-state index contributed by atoms with van der Waals surface area (Å²) in [6.45, 7) is 8.83. The van der Waals surface area contributed by atoms with Crippen molar-refractivity contribution in [3.8, 4) is 22.9 Å². The molecule has 1 aliphatic heterocycles. The van der Waals surface area contributed by atoms with Gasteiger partial charge in [0.15, 0.2) is 22.5 Å². The van der Waals surface area contributed by atoms with Crippen LogP contribution in [0.3, 0.4) is 0 Å². The molecule has 2 aromatic carbocycles. The van der Waals surface area contributed by atoms with E-state index in [0.717, 1.165) is 24.5 Å². The summed E-state index contributed by atoms with van der Waals surface area (Å²) in [4.78, 5) is 54.6. The number of nitro groups is 2. The lowest BCUT2D eigenvalue weighted by atomic mass is 10.2. The van der Waals surface area contributed by atoms with E-state index in [1.165, 1.54) is 24.3 Å². The lowest BCUT2D eigenvalue weighted by Crippen LogP contribution is -2.49. The standard InChI is InChI=1S/C22H25N5O5.C13H8BrN3O3/c1-22(2,3)32-21(28)26-11-9-25(10-12-26)14-16-7-8-18-19(23-16)24-20(31-18)15-5-4-6-17(13-15)27(29)30;14-7-9-4-5-11-12(15-9)16-13(20-11)8-2-1-3-10(6-8)17(18)19/h4-8,13H,9-12,14H2,1-3H3;1-6H,7H2. The highest BCUT2D eigenvalue weighted by molar-refractivity contribution is 9.08. The molecule has 0 unspecified atom stereocenters. The molecule has 268 valence electrons. The van der Waals surface area contributed by atoms with Gasteiger partial charge in [0.2, 0.25) is 11.8 Å². The van der Waals surface area contributed by atoms with E-state index in [0.29, 0.717) is 70.3 Å². The maximum atomic E-state index is 12.2. The zero-order valence-corrected chi connectivity index (χ0v) is 30.0. The summed E-state index contributed by atoms with van der Waals surface area (Å²) < 4.78 is 16.8. The van der Waals surface area contributed by atoms with Crippen molar-refractivity contribution in [1.82, 2.24) is 29.7 Å². The number of rotatable bonds is 7. The van der Waals surface area contributed by atoms with E-state index in [1.54, 1.807) is 35.2 Å². The Hall–Kier alpha value is -5.81. The van der Waals surface area contributed by atoms with Gasteiger partial charge in [0.1, 0.15) is 5.60 Å². The van der Waals surface area contributed by atoms with Gasteiger partial charge in [0, 0.05) is 73.4 Å². The number of benzene rings is 2. The minimum atomic E-state index is -0.505. The van der Waals surface area contributed by atoms with E-state index < -0.39 is 15.4 Å². The minimum absolute atomic E-state index is 0.00105. The number of pyridine rings is 2. The zero-order chi connectivity index (χ0) is 37.0. The van der Waals surface area contributed by atoms with E-state index in [-0.39, 0.29) is 17.5 Å². The Morgan fingerprint density at radius 1 is 0.769 bits per heavy atom. The summed E-state index contributed by atoms with van der Waals surface area (Å²) in [6.07, 6.45) is -0.284. The number of oxazole rings is 2. The summed E-state index contributed by atoms with van der Waals surface area (Å²) in [5.41, 5.74) is 4.24. The largest absolute Gasteiger partial charge is 0.444 e. The lowest BCUT2D eigenvalue weighted by Gasteiger charge is -2.35. The molecule has 52 heavy (non-hydrogen) atoms. The number of carbonyl (C=O) groups is 1. The quantitative estimate of drug-likeness (QED) is 0.0877. The first-order valence-electron chi connectivity index (χ1n) is 16.1. The Balaban J connectivity index is 0.000000198. The van der Waals surface area contributed by atoms with Gasteiger partial charge in [-0.15, -0.1) is 0 Å². The Kier molecular flexibility index (Phi) is 10.5. The number of fused-ring (bicyclic) bond motifs is 2. The van der Waals surface area contributed by atoms with Crippen LogP contribution in [0.15, 0.2) is 81.6 Å². The van der Waals surface area contributed by atoms with Gasteiger partial charge in [0.05, 0.1) is 21.2 Å². The third kappa shape index (κ3) is 8.73. The Labute approximate surface area is 304 Å². The van der Waals surface area contributed by atoms with Gasteiger partial charge in [-0.1, -0.05) is 28.1 Å². The topological polar surface area (TPSA) is 197 Å². The minimum Gasteiger partial charge on any atom is -0.444 e. The van der Waals surface area contributed by atoms with Crippen molar-refractivity contribution in [2.24, 2.45) is 0 Å². The predicted molar refractivity (Wildman–Crippen MR) is 194 cm³/mol. The average Bonchev–Trinajstić information content (AvgIpc) is 3.76. The highest BCUT2D eigenvalue weighted by Crippen LogP contribution is 2.28. The molecule has 1 saturated heterocycles. The van der Waals surface area contributed by atoms with Crippen molar-refractivity contribution in [3.63, 3.8) is 0 Å². The Bertz CT molecular complexity index is 2260. The number of aromatic nitrogens is 4. The first-order valence-corrected chi connectivity index (χ1v) is 17.3. The van der Waals surface area contributed by atoms with E-state index in [9.17, 15) is 25.0 Å². The first kappa shape index (κ1) is 36.0. The average molecular weight is 774 g/mol. The molecule has 0 atom stereocenters. The van der Waals surface area contributed by atoms with Crippen molar-refractivity contribution in [3.05, 3.63) is 104 Å². The normalized spacial score (nSPS) is 13.5. The van der Waals surface area contributed by atoms with Crippen LogP contribution in [0.1, 0.15) is 32.2 Å². The number of non-ortho nitro benzene ring substituents is 2. The fourth-order valence-corrected chi connectivity index (χ4v) is 5.59. The summed E-state index contributed by atoms with van der Waals surface area (Å²) in [5.74, 6) is 0.613. The third-order valence-corrected chi connectivity index (χ3v) is 8.35. The van der Waals surface area contributed by atoms with Crippen LogP contribution in [-0.2, 0) is 16.6 Å². The number of halogens is 1. The molecule has 0 bridgehead atoms. The van der Waals surface area contributed by atoms with Gasteiger partial charge in [-0.3, -0.25) is 25.1 Å². The molecule has 4 aromatic heterocycles. The number of amides is 1. The predicted octanol–water partition coefficient (Wildman–Crippen LogP) is 7.54. The molecule has 1 amide bonds. The molecular weight excluding hydrogens is 740 g/mol. The highest BCUT2D eigenvalue weighted by atomic mass is 79.9. The van der Waals surface area contributed by atoms with Crippen molar-refractivity contribution in [1.29, 1.82) is 0 Å². The Morgan fingerprint density at radius 2 is 1.27 bits per heavy atom. The van der Waals surface area contributed by atoms with Crippen LogP contribution in [0.2, 0.25) is 0 Å². The first-order chi connectivity index (χ1) is 24.8. The lowest BCUT2D eigenvalue weighted by molar-refractivity contribution is -0.385. The van der Waals surface area contributed by atoms with Crippen LogP contribution in [0.5, 0.6) is 0 Å². The molecule has 5 heterocycles. The number of ether oxygens (including phenoxy) is 1. The molecule has 1 fully saturated rings. The molecule has 0 radical (unpaired) electrons. The van der Waals surface area contributed by atoms with Crippen molar-refractivity contribution in [2.75, 3.05) is 26.2 Å². The van der Waals surface area contributed by atoms with E-state index in [4.69, 9.17) is 13.6 Å². The van der Waals surface area contributed by atoms with Crippen LogP contribution in [-0.4, -0.2) is 77.5 Å². The fourth-order valence-electron chi connectivity index (χ4n) is 5.27. The van der Waals surface area contributed by atoms with Gasteiger partial charge < -0.3 is 18.5 Å². The van der Waals surface area contributed by atoms with Gasteiger partial charge in [0.25, 0.3) is 11.4 Å². The zero-order valence-electron chi connectivity index (χ0n) is 28.4. The number of nitro benzene ring substituents is 2. The second-order valence-corrected chi connectivity index (χ2v) is 13.3. The summed E-state index contributed by atoms with van der Waals surface area (Å²) >= 11 is 3.32. The third-order valence-electron chi connectivity index (χ3n) is 7.78. The Morgan fingerprint density at radius 3 is 1.75 bits per heavy atom. The number of piperazine rings is 1. The molecule has 16 nitrogen and oxygen atoms in total. The van der Waals surface area contributed by atoms with E-state index in [1.807, 2.05) is 39.0 Å². The van der Waals surface area contributed by atoms with Crippen LogP contribution in [0.4, 0.5) is 16.2 Å². The van der Waals surface area contributed by atoms with E-state index in [2.05, 4.69) is 40.8 Å². The van der Waals surface area contributed by atoms with Crippen molar-refractivity contribution >= 4 is 55.9 Å². The second-order valence-electron chi connectivity index (χ2n) is 12.8. The van der Waals surface area contributed by atoms with Gasteiger partial charge in [-0.2, -0.15) is 9.97 Å². The van der Waals surface area contributed by atoms with Crippen LogP contribution in [0, 0.1) is 20.2 Å². The molecule has 0 spiro atoms.